The average molecular weight is 307 g/mol. The summed E-state index contributed by atoms with van der Waals surface area (Å²) in [5.41, 5.74) is 0.913. The zero-order chi connectivity index (χ0) is 15.6. The van der Waals surface area contributed by atoms with Crippen LogP contribution in [0.15, 0.2) is 47.1 Å². The van der Waals surface area contributed by atoms with Crippen LogP contribution in [0, 0.1) is 0 Å². The Labute approximate surface area is 134 Å². The Morgan fingerprint density at radius 2 is 1.96 bits per heavy atom. The third-order valence-corrected chi connectivity index (χ3v) is 3.83. The van der Waals surface area contributed by atoms with Crippen LogP contribution in [0.2, 0.25) is 0 Å². The summed E-state index contributed by atoms with van der Waals surface area (Å²) in [6.07, 6.45) is 4.16. The smallest absolute Gasteiger partial charge is 0.257 e. The molecule has 2 aromatic heterocycles. The minimum absolute atomic E-state index is 0.0989. The summed E-state index contributed by atoms with van der Waals surface area (Å²) in [4.78, 5) is 13.3. The van der Waals surface area contributed by atoms with Crippen LogP contribution in [-0.2, 0) is 0 Å². The van der Waals surface area contributed by atoms with Gasteiger partial charge in [-0.2, -0.15) is 4.98 Å². The van der Waals surface area contributed by atoms with Crippen LogP contribution in [0.3, 0.4) is 0 Å². The Bertz CT molecular complexity index is 798. The predicted molar refractivity (Wildman–Crippen MR) is 85.8 cm³/mol. The van der Waals surface area contributed by atoms with Gasteiger partial charge in [0.1, 0.15) is 11.6 Å². The lowest BCUT2D eigenvalue weighted by Gasteiger charge is -2.10. The van der Waals surface area contributed by atoms with Crippen molar-refractivity contribution in [3.63, 3.8) is 0 Å². The summed E-state index contributed by atoms with van der Waals surface area (Å²) in [5.74, 6) is 3.37. The molecule has 0 bridgehead atoms. The molecule has 0 spiro atoms. The molecule has 1 fully saturated rings. The standard InChI is InChI=1S/C17H17N5O/c1-11(19-14-9-10-18-16(20-14)12-7-8-12)15-21-17(23-22-15)13-5-3-2-4-6-13/h2-6,9-12H,7-8H2,1H3,(H,18,19,20). The van der Waals surface area contributed by atoms with Gasteiger partial charge in [0.05, 0.1) is 6.04 Å². The molecule has 3 aromatic rings. The van der Waals surface area contributed by atoms with E-state index in [-0.39, 0.29) is 6.04 Å². The number of aromatic nitrogens is 4. The van der Waals surface area contributed by atoms with E-state index in [1.54, 1.807) is 6.20 Å². The van der Waals surface area contributed by atoms with Crippen molar-refractivity contribution in [2.45, 2.75) is 31.7 Å². The molecule has 116 valence electrons. The van der Waals surface area contributed by atoms with Crippen molar-refractivity contribution < 1.29 is 4.52 Å². The highest BCUT2D eigenvalue weighted by Gasteiger charge is 2.26. The van der Waals surface area contributed by atoms with Gasteiger partial charge in [0, 0.05) is 17.7 Å². The van der Waals surface area contributed by atoms with E-state index in [0.29, 0.717) is 17.6 Å². The highest BCUT2D eigenvalue weighted by atomic mass is 16.5. The Kier molecular flexibility index (Phi) is 3.49. The molecule has 1 unspecified atom stereocenters. The first-order chi connectivity index (χ1) is 11.3. The average Bonchev–Trinajstić information content (AvgIpc) is 3.32. The fourth-order valence-electron chi connectivity index (χ4n) is 2.39. The summed E-state index contributed by atoms with van der Waals surface area (Å²) >= 11 is 0. The van der Waals surface area contributed by atoms with Crippen molar-refractivity contribution in [3.8, 4) is 11.5 Å². The third kappa shape index (κ3) is 3.06. The van der Waals surface area contributed by atoms with Gasteiger partial charge in [0.15, 0.2) is 5.82 Å². The SMILES string of the molecule is CC(Nc1ccnc(C2CC2)n1)c1noc(-c2ccccc2)n1. The first-order valence-corrected chi connectivity index (χ1v) is 7.78. The van der Waals surface area contributed by atoms with E-state index in [1.807, 2.05) is 43.3 Å². The number of benzene rings is 1. The summed E-state index contributed by atoms with van der Waals surface area (Å²) in [6.45, 7) is 1.98. The van der Waals surface area contributed by atoms with Crippen molar-refractivity contribution in [1.29, 1.82) is 0 Å². The number of hydrogen-bond donors (Lipinski definition) is 1. The number of nitrogens with zero attached hydrogens (tertiary/aromatic N) is 4. The second-order valence-corrected chi connectivity index (χ2v) is 5.76. The fourth-order valence-corrected chi connectivity index (χ4v) is 2.39. The molecular formula is C17H17N5O. The summed E-state index contributed by atoms with van der Waals surface area (Å²) in [5, 5.41) is 7.38. The maximum atomic E-state index is 5.35. The molecule has 0 amide bonds. The largest absolute Gasteiger partial charge is 0.360 e. The third-order valence-electron chi connectivity index (χ3n) is 3.83. The normalized spacial score (nSPS) is 15.3. The zero-order valence-electron chi connectivity index (χ0n) is 12.8. The lowest BCUT2D eigenvalue weighted by molar-refractivity contribution is 0.419. The first-order valence-electron chi connectivity index (χ1n) is 7.78. The minimum atomic E-state index is -0.0989. The molecule has 0 radical (unpaired) electrons. The highest BCUT2D eigenvalue weighted by molar-refractivity contribution is 5.52. The predicted octanol–water partition coefficient (Wildman–Crippen LogP) is 3.58. The van der Waals surface area contributed by atoms with Gasteiger partial charge in [-0.1, -0.05) is 23.4 Å². The molecule has 1 N–H and O–H groups in total. The molecule has 1 aromatic carbocycles. The van der Waals surface area contributed by atoms with Crippen molar-refractivity contribution in [2.24, 2.45) is 0 Å². The van der Waals surface area contributed by atoms with Gasteiger partial charge >= 0.3 is 0 Å². The lowest BCUT2D eigenvalue weighted by atomic mass is 10.2. The number of hydrogen-bond acceptors (Lipinski definition) is 6. The quantitative estimate of drug-likeness (QED) is 0.776. The van der Waals surface area contributed by atoms with E-state index in [2.05, 4.69) is 25.4 Å². The zero-order valence-corrected chi connectivity index (χ0v) is 12.8. The number of rotatable bonds is 5. The molecule has 23 heavy (non-hydrogen) atoms. The lowest BCUT2D eigenvalue weighted by Crippen LogP contribution is -2.10. The molecule has 1 saturated carbocycles. The monoisotopic (exact) mass is 307 g/mol. The Hall–Kier alpha value is -2.76. The van der Waals surface area contributed by atoms with Crippen LogP contribution < -0.4 is 5.32 Å². The van der Waals surface area contributed by atoms with Crippen LogP contribution in [0.4, 0.5) is 5.82 Å². The van der Waals surface area contributed by atoms with E-state index in [0.717, 1.165) is 17.2 Å². The second-order valence-electron chi connectivity index (χ2n) is 5.76. The van der Waals surface area contributed by atoms with Crippen molar-refractivity contribution in [1.82, 2.24) is 20.1 Å². The number of anilines is 1. The molecule has 2 heterocycles. The van der Waals surface area contributed by atoms with Crippen LogP contribution in [0.25, 0.3) is 11.5 Å². The van der Waals surface area contributed by atoms with Gasteiger partial charge in [0.25, 0.3) is 5.89 Å². The fraction of sp³-hybridized carbons (Fsp3) is 0.294. The van der Waals surface area contributed by atoms with Crippen LogP contribution in [-0.4, -0.2) is 20.1 Å². The van der Waals surface area contributed by atoms with Gasteiger partial charge < -0.3 is 9.84 Å². The van der Waals surface area contributed by atoms with E-state index < -0.39 is 0 Å². The molecule has 6 nitrogen and oxygen atoms in total. The van der Waals surface area contributed by atoms with Gasteiger partial charge in [-0.05, 0) is 38.0 Å². The first kappa shape index (κ1) is 13.9. The Balaban J connectivity index is 1.50. The number of nitrogens with one attached hydrogen (secondary N) is 1. The summed E-state index contributed by atoms with van der Waals surface area (Å²) in [6, 6.07) is 11.5. The van der Waals surface area contributed by atoms with Crippen molar-refractivity contribution >= 4 is 5.82 Å². The molecular weight excluding hydrogens is 290 g/mol. The van der Waals surface area contributed by atoms with E-state index in [1.165, 1.54) is 12.8 Å². The second kappa shape index (κ2) is 5.79. The van der Waals surface area contributed by atoms with E-state index >= 15 is 0 Å². The minimum Gasteiger partial charge on any atom is -0.360 e. The molecule has 0 saturated heterocycles. The van der Waals surface area contributed by atoms with E-state index in [4.69, 9.17) is 4.52 Å². The van der Waals surface area contributed by atoms with Crippen molar-refractivity contribution in [3.05, 3.63) is 54.2 Å². The molecule has 0 aliphatic heterocycles. The topological polar surface area (TPSA) is 76.7 Å². The van der Waals surface area contributed by atoms with Crippen LogP contribution in [0.5, 0.6) is 0 Å². The summed E-state index contributed by atoms with van der Waals surface area (Å²) in [7, 11) is 0. The van der Waals surface area contributed by atoms with Gasteiger partial charge in [0.2, 0.25) is 0 Å². The van der Waals surface area contributed by atoms with Gasteiger partial charge in [-0.3, -0.25) is 0 Å². The maximum Gasteiger partial charge on any atom is 0.257 e. The molecule has 1 atom stereocenters. The molecule has 6 heteroatoms. The van der Waals surface area contributed by atoms with Gasteiger partial charge in [-0.25, -0.2) is 9.97 Å². The Morgan fingerprint density at radius 1 is 1.13 bits per heavy atom. The van der Waals surface area contributed by atoms with Crippen LogP contribution in [0.1, 0.15) is 43.4 Å². The Morgan fingerprint density at radius 3 is 2.74 bits per heavy atom. The maximum absolute atomic E-state index is 5.35. The van der Waals surface area contributed by atoms with E-state index in [9.17, 15) is 0 Å². The van der Waals surface area contributed by atoms with Gasteiger partial charge in [-0.15, -0.1) is 0 Å². The highest BCUT2D eigenvalue weighted by Crippen LogP contribution is 2.38. The molecule has 1 aliphatic carbocycles. The van der Waals surface area contributed by atoms with Crippen molar-refractivity contribution in [2.75, 3.05) is 5.32 Å². The molecule has 1 aliphatic rings. The molecule has 4 rings (SSSR count). The van der Waals surface area contributed by atoms with Crippen LogP contribution >= 0.6 is 0 Å². The summed E-state index contributed by atoms with van der Waals surface area (Å²) < 4.78 is 5.35.